The van der Waals surface area contributed by atoms with Crippen LogP contribution in [0.15, 0.2) is 53.5 Å². The average molecular weight is 220 g/mol. The fraction of sp³-hybridized carbons (Fsp3) is 0. The van der Waals surface area contributed by atoms with E-state index in [4.69, 9.17) is 0 Å². The molecule has 80 valence electrons. The Kier molecular flexibility index (Phi) is 1.45. The van der Waals surface area contributed by atoms with E-state index in [2.05, 4.69) is 5.10 Å². The Balaban J connectivity index is 2.53. The monoisotopic (exact) mass is 220 g/mol. The third kappa shape index (κ3) is 0.959. The molecule has 2 heterocycles. The van der Waals surface area contributed by atoms with Crippen LogP contribution >= 0.6 is 0 Å². The smallest absolute Gasteiger partial charge is 0.197 e. The van der Waals surface area contributed by atoms with E-state index in [9.17, 15) is 4.79 Å². The SMILES string of the molecule is O=c1c2ccccc2n2ncc3cccc1c32. The lowest BCUT2D eigenvalue weighted by Gasteiger charge is -2.03. The zero-order valence-corrected chi connectivity index (χ0v) is 8.92. The van der Waals surface area contributed by atoms with Gasteiger partial charge >= 0.3 is 0 Å². The molecule has 0 aliphatic carbocycles. The van der Waals surface area contributed by atoms with Gasteiger partial charge in [-0.1, -0.05) is 24.3 Å². The van der Waals surface area contributed by atoms with Crippen molar-refractivity contribution < 1.29 is 0 Å². The second kappa shape index (κ2) is 2.83. The van der Waals surface area contributed by atoms with Gasteiger partial charge in [-0.05, 0) is 18.2 Å². The number of aromatic nitrogens is 2. The molecule has 2 aromatic heterocycles. The third-order valence-electron chi connectivity index (χ3n) is 3.21. The molecule has 4 aromatic rings. The van der Waals surface area contributed by atoms with Crippen molar-refractivity contribution in [2.45, 2.75) is 0 Å². The molecule has 0 saturated carbocycles. The van der Waals surface area contributed by atoms with Crippen LogP contribution < -0.4 is 5.43 Å². The summed E-state index contributed by atoms with van der Waals surface area (Å²) in [6.07, 6.45) is 1.80. The molecule has 0 amide bonds. The van der Waals surface area contributed by atoms with E-state index >= 15 is 0 Å². The van der Waals surface area contributed by atoms with E-state index < -0.39 is 0 Å². The van der Waals surface area contributed by atoms with Crippen LogP contribution in [0.1, 0.15) is 0 Å². The van der Waals surface area contributed by atoms with Gasteiger partial charge in [-0.25, -0.2) is 4.52 Å². The second-order valence-electron chi connectivity index (χ2n) is 4.15. The van der Waals surface area contributed by atoms with Gasteiger partial charge in [0, 0.05) is 16.2 Å². The molecule has 4 rings (SSSR count). The van der Waals surface area contributed by atoms with Crippen molar-refractivity contribution >= 4 is 27.2 Å². The summed E-state index contributed by atoms with van der Waals surface area (Å²) in [6.45, 7) is 0. The van der Waals surface area contributed by atoms with E-state index in [1.54, 1.807) is 6.20 Å². The van der Waals surface area contributed by atoms with Crippen molar-refractivity contribution in [1.82, 2.24) is 9.61 Å². The zero-order chi connectivity index (χ0) is 11.4. The molecule has 0 unspecified atom stereocenters. The predicted octanol–water partition coefficient (Wildman–Crippen LogP) is 2.44. The number of fused-ring (bicyclic) bond motifs is 2. The topological polar surface area (TPSA) is 34.4 Å². The fourth-order valence-electron chi connectivity index (χ4n) is 2.44. The van der Waals surface area contributed by atoms with E-state index in [0.29, 0.717) is 0 Å². The summed E-state index contributed by atoms with van der Waals surface area (Å²) in [7, 11) is 0. The van der Waals surface area contributed by atoms with Gasteiger partial charge in [0.2, 0.25) is 0 Å². The highest BCUT2D eigenvalue weighted by molar-refractivity contribution is 6.01. The summed E-state index contributed by atoms with van der Waals surface area (Å²) in [6, 6.07) is 13.3. The van der Waals surface area contributed by atoms with E-state index in [0.717, 1.165) is 27.2 Å². The molecule has 2 aromatic carbocycles. The van der Waals surface area contributed by atoms with Crippen molar-refractivity contribution in [1.29, 1.82) is 0 Å². The van der Waals surface area contributed by atoms with Gasteiger partial charge in [0.25, 0.3) is 0 Å². The van der Waals surface area contributed by atoms with E-state index in [1.165, 1.54) is 0 Å². The number of benzene rings is 2. The minimum absolute atomic E-state index is 0.0826. The molecule has 0 N–H and O–H groups in total. The lowest BCUT2D eigenvalue weighted by atomic mass is 10.1. The van der Waals surface area contributed by atoms with E-state index in [1.807, 2.05) is 47.0 Å². The van der Waals surface area contributed by atoms with Gasteiger partial charge in [0.05, 0.1) is 17.2 Å². The quantitative estimate of drug-likeness (QED) is 0.426. The number of rotatable bonds is 0. The van der Waals surface area contributed by atoms with Crippen LogP contribution in [-0.2, 0) is 0 Å². The number of para-hydroxylation sites is 2. The molecule has 3 heteroatoms. The first kappa shape index (κ1) is 8.70. The van der Waals surface area contributed by atoms with Crippen LogP contribution in [0.2, 0.25) is 0 Å². The maximum atomic E-state index is 12.4. The molecular formula is C14H8N2O. The average Bonchev–Trinajstić information content (AvgIpc) is 2.81. The van der Waals surface area contributed by atoms with Crippen molar-refractivity contribution in [2.75, 3.05) is 0 Å². The van der Waals surface area contributed by atoms with Gasteiger partial charge in [-0.15, -0.1) is 0 Å². The molecule has 3 nitrogen and oxygen atoms in total. The molecule has 0 fully saturated rings. The number of pyridine rings is 1. The summed E-state index contributed by atoms with van der Waals surface area (Å²) in [5.41, 5.74) is 1.86. The summed E-state index contributed by atoms with van der Waals surface area (Å²) >= 11 is 0. The molecular weight excluding hydrogens is 212 g/mol. The Hall–Kier alpha value is -2.42. The Morgan fingerprint density at radius 2 is 1.76 bits per heavy atom. The van der Waals surface area contributed by atoms with Crippen LogP contribution in [0.4, 0.5) is 0 Å². The van der Waals surface area contributed by atoms with Crippen molar-refractivity contribution in [3.05, 3.63) is 58.9 Å². The van der Waals surface area contributed by atoms with Crippen molar-refractivity contribution in [2.24, 2.45) is 0 Å². The Morgan fingerprint density at radius 1 is 0.941 bits per heavy atom. The summed E-state index contributed by atoms with van der Waals surface area (Å²) < 4.78 is 1.85. The molecule has 0 aliphatic rings. The van der Waals surface area contributed by atoms with Crippen LogP contribution in [0.25, 0.3) is 27.2 Å². The van der Waals surface area contributed by atoms with E-state index in [-0.39, 0.29) is 5.43 Å². The second-order valence-corrected chi connectivity index (χ2v) is 4.15. The fourth-order valence-corrected chi connectivity index (χ4v) is 2.44. The van der Waals surface area contributed by atoms with Crippen molar-refractivity contribution in [3.8, 4) is 0 Å². The number of hydrogen-bond donors (Lipinski definition) is 0. The molecule has 17 heavy (non-hydrogen) atoms. The van der Waals surface area contributed by atoms with Crippen LogP contribution in [-0.4, -0.2) is 9.61 Å². The maximum absolute atomic E-state index is 12.4. The van der Waals surface area contributed by atoms with Gasteiger partial charge in [0.1, 0.15) is 0 Å². The standard InChI is InChI=1S/C14H8N2O/c17-14-10-5-1-2-7-12(10)16-13-9(8-15-16)4-3-6-11(13)14/h1-8H. The summed E-state index contributed by atoms with van der Waals surface area (Å²) in [4.78, 5) is 12.4. The first-order valence-corrected chi connectivity index (χ1v) is 5.47. The van der Waals surface area contributed by atoms with Gasteiger partial charge < -0.3 is 0 Å². The number of hydrogen-bond acceptors (Lipinski definition) is 2. The van der Waals surface area contributed by atoms with Gasteiger partial charge in [0.15, 0.2) is 5.43 Å². The molecule has 0 saturated heterocycles. The maximum Gasteiger partial charge on any atom is 0.197 e. The Morgan fingerprint density at radius 3 is 2.71 bits per heavy atom. The minimum atomic E-state index is 0.0826. The minimum Gasteiger partial charge on any atom is -0.288 e. The highest BCUT2D eigenvalue weighted by Gasteiger charge is 2.11. The number of nitrogens with zero attached hydrogens (tertiary/aromatic N) is 2. The molecule has 0 aliphatic heterocycles. The lowest BCUT2D eigenvalue weighted by molar-refractivity contribution is 1.01. The predicted molar refractivity (Wildman–Crippen MR) is 67.7 cm³/mol. The van der Waals surface area contributed by atoms with Crippen LogP contribution in [0.5, 0.6) is 0 Å². The van der Waals surface area contributed by atoms with Crippen LogP contribution in [0, 0.1) is 0 Å². The highest BCUT2D eigenvalue weighted by atomic mass is 16.1. The molecule has 0 atom stereocenters. The van der Waals surface area contributed by atoms with Gasteiger partial charge in [-0.3, -0.25) is 4.79 Å². The summed E-state index contributed by atoms with van der Waals surface area (Å²) in [5, 5.41) is 6.82. The highest BCUT2D eigenvalue weighted by Crippen LogP contribution is 2.22. The largest absolute Gasteiger partial charge is 0.288 e. The molecule has 0 bridgehead atoms. The van der Waals surface area contributed by atoms with Crippen molar-refractivity contribution in [3.63, 3.8) is 0 Å². The van der Waals surface area contributed by atoms with Gasteiger partial charge in [-0.2, -0.15) is 5.10 Å². The first-order chi connectivity index (χ1) is 8.36. The first-order valence-electron chi connectivity index (χ1n) is 5.47. The molecule has 0 radical (unpaired) electrons. The lowest BCUT2D eigenvalue weighted by Crippen LogP contribution is -2.06. The van der Waals surface area contributed by atoms with Crippen LogP contribution in [0.3, 0.4) is 0 Å². The molecule has 0 spiro atoms. The third-order valence-corrected chi connectivity index (χ3v) is 3.21. The normalized spacial score (nSPS) is 11.8. The Bertz CT molecular complexity index is 908. The summed E-state index contributed by atoms with van der Waals surface area (Å²) in [5.74, 6) is 0. The Labute approximate surface area is 96.3 Å². The zero-order valence-electron chi connectivity index (χ0n) is 8.92.